The van der Waals surface area contributed by atoms with E-state index in [0.29, 0.717) is 9.99 Å². The van der Waals surface area contributed by atoms with Gasteiger partial charge in [-0.1, -0.05) is 12.1 Å². The van der Waals surface area contributed by atoms with Gasteiger partial charge in [0.2, 0.25) is 5.76 Å². The molecule has 90 valence electrons. The van der Waals surface area contributed by atoms with Crippen LogP contribution in [-0.2, 0) is 14.8 Å². The van der Waals surface area contributed by atoms with Crippen LogP contribution >= 0.6 is 0 Å². The van der Waals surface area contributed by atoms with Crippen molar-refractivity contribution in [1.29, 1.82) is 0 Å². The molecule has 0 aliphatic carbocycles. The van der Waals surface area contributed by atoms with Crippen molar-refractivity contribution in [3.63, 3.8) is 0 Å². The lowest BCUT2D eigenvalue weighted by Gasteiger charge is -2.08. The van der Waals surface area contributed by atoms with Gasteiger partial charge in [0.05, 0.1) is 0 Å². The highest BCUT2D eigenvalue weighted by Crippen LogP contribution is 2.33. The summed E-state index contributed by atoms with van der Waals surface area (Å²) in [4.78, 5) is 11.0. The van der Waals surface area contributed by atoms with Crippen molar-refractivity contribution in [2.75, 3.05) is 12.8 Å². The number of aliphatic hydroxyl groups is 1. The highest BCUT2D eigenvalue weighted by Gasteiger charge is 2.42. The van der Waals surface area contributed by atoms with E-state index >= 15 is 0 Å². The van der Waals surface area contributed by atoms with Crippen LogP contribution in [0.3, 0.4) is 0 Å². The Labute approximate surface area is 98.0 Å². The van der Waals surface area contributed by atoms with E-state index in [1.165, 1.54) is 24.3 Å². The summed E-state index contributed by atoms with van der Waals surface area (Å²) in [6.45, 7) is 0. The second-order valence-corrected chi connectivity index (χ2v) is 5.48. The molecule has 17 heavy (non-hydrogen) atoms. The molecule has 1 aromatic carbocycles. The predicted molar refractivity (Wildman–Crippen MR) is 62.1 cm³/mol. The molecule has 6 nitrogen and oxygen atoms in total. The number of nitrogens with two attached hydrogens (primary N) is 1. The van der Waals surface area contributed by atoms with E-state index in [1.807, 2.05) is 0 Å². The van der Waals surface area contributed by atoms with Gasteiger partial charge >= 0.3 is 5.91 Å². The van der Waals surface area contributed by atoms with Gasteiger partial charge in [-0.2, -0.15) is 0 Å². The third-order valence-corrected chi connectivity index (χ3v) is 4.33. The smallest absolute Gasteiger partial charge is 0.303 e. The standard InChI is InChI=1S/C10H10N2O4S/c1-12-10(14)8(13)9(17(12,15)16)6-2-4-7(11)5-3-6/h2-5,13H,11H2,1H3. The number of aliphatic hydroxyl groups excluding tert-OH is 1. The van der Waals surface area contributed by atoms with Gasteiger partial charge in [0.15, 0.2) is 0 Å². The Bertz CT molecular complexity index is 616. The third-order valence-electron chi connectivity index (χ3n) is 2.50. The Morgan fingerprint density at radius 3 is 2.18 bits per heavy atom. The Kier molecular flexibility index (Phi) is 2.35. The van der Waals surface area contributed by atoms with Crippen LogP contribution in [0.2, 0.25) is 0 Å². The maximum Gasteiger partial charge on any atom is 0.303 e. The summed E-state index contributed by atoms with van der Waals surface area (Å²) in [6, 6.07) is 5.86. The number of carbonyl (C=O) groups is 1. The maximum atomic E-state index is 11.9. The summed E-state index contributed by atoms with van der Waals surface area (Å²) >= 11 is 0. The summed E-state index contributed by atoms with van der Waals surface area (Å²) in [6.07, 6.45) is 0. The lowest BCUT2D eigenvalue weighted by atomic mass is 10.2. The molecule has 2 rings (SSSR count). The number of nitrogen functional groups attached to an aromatic ring is 1. The molecular formula is C10H10N2O4S. The van der Waals surface area contributed by atoms with Crippen LogP contribution < -0.4 is 5.73 Å². The summed E-state index contributed by atoms with van der Waals surface area (Å²) in [7, 11) is -2.86. The minimum Gasteiger partial charge on any atom is -0.502 e. The fourth-order valence-electron chi connectivity index (χ4n) is 1.53. The van der Waals surface area contributed by atoms with E-state index in [-0.39, 0.29) is 10.5 Å². The van der Waals surface area contributed by atoms with Crippen molar-refractivity contribution in [3.05, 3.63) is 35.6 Å². The molecular weight excluding hydrogens is 244 g/mol. The zero-order valence-corrected chi connectivity index (χ0v) is 9.73. The van der Waals surface area contributed by atoms with E-state index in [9.17, 15) is 18.3 Å². The normalized spacial score (nSPS) is 18.9. The molecule has 1 amide bonds. The zero-order valence-electron chi connectivity index (χ0n) is 8.91. The van der Waals surface area contributed by atoms with Gasteiger partial charge in [-0.15, -0.1) is 0 Å². The summed E-state index contributed by atoms with van der Waals surface area (Å²) in [5, 5.41) is 9.56. The molecule has 7 heteroatoms. The lowest BCUT2D eigenvalue weighted by molar-refractivity contribution is -0.123. The van der Waals surface area contributed by atoms with Crippen LogP contribution in [0.4, 0.5) is 5.69 Å². The molecule has 1 aliphatic heterocycles. The van der Waals surface area contributed by atoms with E-state index in [4.69, 9.17) is 5.73 Å². The summed E-state index contributed by atoms with van der Waals surface area (Å²) < 4.78 is 24.2. The third kappa shape index (κ3) is 1.55. The second-order valence-electron chi connectivity index (χ2n) is 3.58. The van der Waals surface area contributed by atoms with Gasteiger partial charge in [0.25, 0.3) is 10.0 Å². The molecule has 0 atom stereocenters. The quantitative estimate of drug-likeness (QED) is 0.702. The lowest BCUT2D eigenvalue weighted by Crippen LogP contribution is -2.26. The molecule has 1 aliphatic rings. The number of likely N-dealkylation sites (N-methyl/N-ethyl adjacent to an activating group) is 1. The fraction of sp³-hybridized carbons (Fsp3) is 0.100. The number of benzene rings is 1. The van der Waals surface area contributed by atoms with E-state index < -0.39 is 21.7 Å². The number of anilines is 1. The zero-order chi connectivity index (χ0) is 12.8. The number of hydrogen-bond acceptors (Lipinski definition) is 5. The second kappa shape index (κ2) is 3.49. The first-order valence-electron chi connectivity index (χ1n) is 4.68. The average Bonchev–Trinajstić information content (AvgIpc) is 2.42. The van der Waals surface area contributed by atoms with E-state index in [2.05, 4.69) is 0 Å². The number of hydrogen-bond donors (Lipinski definition) is 2. The maximum absolute atomic E-state index is 11.9. The first-order chi connectivity index (χ1) is 7.85. The SMILES string of the molecule is CN1C(=O)C(O)=C(c2ccc(N)cc2)S1(=O)=O. The molecule has 0 fully saturated rings. The number of rotatable bonds is 1. The Morgan fingerprint density at radius 2 is 1.76 bits per heavy atom. The number of amides is 1. The van der Waals surface area contributed by atoms with E-state index in [1.54, 1.807) is 0 Å². The largest absolute Gasteiger partial charge is 0.502 e. The van der Waals surface area contributed by atoms with Gasteiger partial charge in [-0.3, -0.25) is 4.79 Å². The Hall–Kier alpha value is -2.02. The van der Waals surface area contributed by atoms with Gasteiger partial charge in [-0.05, 0) is 17.7 Å². The van der Waals surface area contributed by atoms with Crippen LogP contribution in [0.1, 0.15) is 5.56 Å². The van der Waals surface area contributed by atoms with Crippen molar-refractivity contribution in [2.24, 2.45) is 0 Å². The highest BCUT2D eigenvalue weighted by atomic mass is 32.2. The van der Waals surface area contributed by atoms with E-state index in [0.717, 1.165) is 7.05 Å². The average molecular weight is 254 g/mol. The molecule has 1 heterocycles. The van der Waals surface area contributed by atoms with Crippen molar-refractivity contribution < 1.29 is 18.3 Å². The van der Waals surface area contributed by atoms with Crippen LogP contribution in [0, 0.1) is 0 Å². The summed E-state index contributed by atoms with van der Waals surface area (Å²) in [5.74, 6) is -1.70. The van der Waals surface area contributed by atoms with Crippen molar-refractivity contribution >= 4 is 26.5 Å². The molecule has 0 radical (unpaired) electrons. The predicted octanol–water partition coefficient (Wildman–Crippen LogP) is 0.297. The molecule has 1 aromatic rings. The van der Waals surface area contributed by atoms with Crippen LogP contribution in [-0.4, -0.2) is 30.8 Å². The summed E-state index contributed by atoms with van der Waals surface area (Å²) in [5.41, 5.74) is 6.17. The van der Waals surface area contributed by atoms with Crippen molar-refractivity contribution in [3.8, 4) is 0 Å². The number of carbonyl (C=O) groups excluding carboxylic acids is 1. The molecule has 0 spiro atoms. The minimum absolute atomic E-state index is 0.231. The number of nitrogens with zero attached hydrogens (tertiary/aromatic N) is 1. The van der Waals surface area contributed by atoms with Crippen molar-refractivity contribution in [1.82, 2.24) is 4.31 Å². The first kappa shape index (κ1) is 11.5. The van der Waals surface area contributed by atoms with Crippen LogP contribution in [0.15, 0.2) is 30.0 Å². The molecule has 0 saturated carbocycles. The Morgan fingerprint density at radius 1 is 1.24 bits per heavy atom. The van der Waals surface area contributed by atoms with Gasteiger partial charge in [-0.25, -0.2) is 12.7 Å². The molecule has 0 aromatic heterocycles. The molecule has 0 bridgehead atoms. The topological polar surface area (TPSA) is 101 Å². The first-order valence-corrected chi connectivity index (χ1v) is 6.12. The highest BCUT2D eigenvalue weighted by molar-refractivity contribution is 7.99. The molecule has 0 saturated heterocycles. The van der Waals surface area contributed by atoms with Crippen molar-refractivity contribution in [2.45, 2.75) is 0 Å². The number of sulfonamides is 1. The van der Waals surface area contributed by atoms with Gasteiger partial charge < -0.3 is 10.8 Å². The Balaban J connectivity index is 2.66. The van der Waals surface area contributed by atoms with Gasteiger partial charge in [0.1, 0.15) is 4.91 Å². The molecule has 3 N–H and O–H groups in total. The van der Waals surface area contributed by atoms with Crippen LogP contribution in [0.5, 0.6) is 0 Å². The fourth-order valence-corrected chi connectivity index (χ4v) is 2.88. The monoisotopic (exact) mass is 254 g/mol. The molecule has 0 unspecified atom stereocenters. The minimum atomic E-state index is -3.96. The van der Waals surface area contributed by atoms with Crippen LogP contribution in [0.25, 0.3) is 4.91 Å². The van der Waals surface area contributed by atoms with Gasteiger partial charge in [0, 0.05) is 12.7 Å².